The first-order valence-electron chi connectivity index (χ1n) is 9.53. The van der Waals surface area contributed by atoms with Gasteiger partial charge in [0, 0.05) is 13.0 Å². The number of benzene rings is 1. The second-order valence-electron chi connectivity index (χ2n) is 7.21. The molecule has 144 valence electrons. The Morgan fingerprint density at radius 2 is 1.93 bits per heavy atom. The van der Waals surface area contributed by atoms with E-state index in [1.807, 2.05) is 0 Å². The molecule has 1 fully saturated rings. The second-order valence-corrected chi connectivity index (χ2v) is 8.02. The van der Waals surface area contributed by atoms with E-state index in [2.05, 4.69) is 25.0 Å². The van der Waals surface area contributed by atoms with Gasteiger partial charge in [0.05, 0.1) is 28.3 Å². The van der Waals surface area contributed by atoms with Crippen LogP contribution in [0.4, 0.5) is 5.69 Å². The highest BCUT2D eigenvalue weighted by Gasteiger charge is 2.32. The molecule has 2 aliphatic heterocycles. The minimum atomic E-state index is -0.118. The van der Waals surface area contributed by atoms with E-state index in [0.717, 1.165) is 50.4 Å². The van der Waals surface area contributed by atoms with Crippen LogP contribution in [0.15, 0.2) is 18.2 Å². The molecule has 0 saturated carbocycles. The van der Waals surface area contributed by atoms with Crippen molar-refractivity contribution >= 4 is 34.8 Å². The number of aromatic nitrogens is 3. The first kappa shape index (κ1) is 18.7. The van der Waals surface area contributed by atoms with E-state index >= 15 is 0 Å². The molecule has 1 N–H and O–H groups in total. The lowest BCUT2D eigenvalue weighted by molar-refractivity contribution is -0.117. The number of amides is 1. The SMILES string of the molecule is O=C(CN1CCCC1c1nnc2n1CCCCC2)Nc1c(Cl)cccc1Cl. The Morgan fingerprint density at radius 3 is 2.74 bits per heavy atom. The molecule has 0 spiro atoms. The number of nitrogens with zero attached hydrogens (tertiary/aromatic N) is 4. The van der Waals surface area contributed by atoms with Crippen molar-refractivity contribution in [3.05, 3.63) is 39.9 Å². The molecule has 1 atom stereocenters. The van der Waals surface area contributed by atoms with E-state index in [0.29, 0.717) is 15.7 Å². The summed E-state index contributed by atoms with van der Waals surface area (Å²) in [6.07, 6.45) is 6.61. The average Bonchev–Trinajstić information content (AvgIpc) is 3.18. The van der Waals surface area contributed by atoms with Crippen molar-refractivity contribution in [3.63, 3.8) is 0 Å². The fourth-order valence-electron chi connectivity index (χ4n) is 4.04. The fraction of sp³-hybridized carbons (Fsp3) is 0.526. The van der Waals surface area contributed by atoms with Gasteiger partial charge in [-0.3, -0.25) is 9.69 Å². The monoisotopic (exact) mass is 407 g/mol. The van der Waals surface area contributed by atoms with Gasteiger partial charge in [0.2, 0.25) is 5.91 Å². The van der Waals surface area contributed by atoms with Crippen molar-refractivity contribution < 1.29 is 4.79 Å². The van der Waals surface area contributed by atoms with Crippen LogP contribution >= 0.6 is 23.2 Å². The van der Waals surface area contributed by atoms with E-state index in [-0.39, 0.29) is 18.5 Å². The van der Waals surface area contributed by atoms with Crippen LogP contribution < -0.4 is 5.32 Å². The maximum Gasteiger partial charge on any atom is 0.238 e. The number of carbonyl (C=O) groups is 1. The van der Waals surface area contributed by atoms with Gasteiger partial charge in [-0.15, -0.1) is 10.2 Å². The molecule has 0 bridgehead atoms. The second kappa shape index (κ2) is 8.17. The lowest BCUT2D eigenvalue weighted by Gasteiger charge is -2.24. The van der Waals surface area contributed by atoms with E-state index in [1.54, 1.807) is 18.2 Å². The Kier molecular flexibility index (Phi) is 5.66. The van der Waals surface area contributed by atoms with Gasteiger partial charge >= 0.3 is 0 Å². The highest BCUT2D eigenvalue weighted by molar-refractivity contribution is 6.39. The van der Waals surface area contributed by atoms with E-state index in [1.165, 1.54) is 12.8 Å². The smallest absolute Gasteiger partial charge is 0.238 e. The van der Waals surface area contributed by atoms with Crippen LogP contribution in [0, 0.1) is 0 Å². The Bertz CT molecular complexity index is 817. The van der Waals surface area contributed by atoms with Crippen molar-refractivity contribution in [1.82, 2.24) is 19.7 Å². The number of hydrogen-bond donors (Lipinski definition) is 1. The molecule has 2 aromatic rings. The Morgan fingerprint density at radius 1 is 1.11 bits per heavy atom. The van der Waals surface area contributed by atoms with Gasteiger partial charge in [-0.2, -0.15) is 0 Å². The molecule has 1 unspecified atom stereocenters. The number of rotatable bonds is 4. The number of halogens is 2. The molecule has 27 heavy (non-hydrogen) atoms. The first-order valence-corrected chi connectivity index (χ1v) is 10.3. The van der Waals surface area contributed by atoms with Crippen molar-refractivity contribution in [1.29, 1.82) is 0 Å². The number of nitrogens with one attached hydrogen (secondary N) is 1. The topological polar surface area (TPSA) is 63.1 Å². The van der Waals surface area contributed by atoms with Gasteiger partial charge in [-0.1, -0.05) is 35.7 Å². The Hall–Kier alpha value is -1.63. The van der Waals surface area contributed by atoms with E-state index in [4.69, 9.17) is 23.2 Å². The lowest BCUT2D eigenvalue weighted by atomic mass is 10.2. The van der Waals surface area contributed by atoms with Crippen molar-refractivity contribution in [2.75, 3.05) is 18.4 Å². The zero-order valence-corrected chi connectivity index (χ0v) is 16.6. The van der Waals surface area contributed by atoms with E-state index in [9.17, 15) is 4.79 Å². The number of anilines is 1. The summed E-state index contributed by atoms with van der Waals surface area (Å²) in [5.41, 5.74) is 0.470. The zero-order valence-electron chi connectivity index (χ0n) is 15.1. The number of likely N-dealkylation sites (tertiary alicyclic amines) is 1. The number of carbonyl (C=O) groups excluding carboxylic acids is 1. The van der Waals surface area contributed by atoms with Gasteiger partial charge < -0.3 is 9.88 Å². The largest absolute Gasteiger partial charge is 0.322 e. The number of para-hydroxylation sites is 1. The molecule has 1 amide bonds. The Balaban J connectivity index is 1.48. The lowest BCUT2D eigenvalue weighted by Crippen LogP contribution is -2.34. The van der Waals surface area contributed by atoms with Crippen LogP contribution in [0.25, 0.3) is 0 Å². The molecule has 1 aromatic carbocycles. The molecule has 8 heteroatoms. The molecule has 1 aromatic heterocycles. The summed E-state index contributed by atoms with van der Waals surface area (Å²) in [5, 5.41) is 12.6. The molecule has 0 radical (unpaired) electrons. The molecular formula is C19H23Cl2N5O. The molecule has 0 aliphatic carbocycles. The van der Waals surface area contributed by atoms with Crippen LogP contribution in [0.1, 0.15) is 49.8 Å². The summed E-state index contributed by atoms with van der Waals surface area (Å²) < 4.78 is 2.28. The maximum atomic E-state index is 12.6. The van der Waals surface area contributed by atoms with Gasteiger partial charge in [0.15, 0.2) is 0 Å². The molecule has 1 saturated heterocycles. The summed E-state index contributed by atoms with van der Waals surface area (Å²) in [5.74, 6) is 1.97. The first-order chi connectivity index (χ1) is 13.1. The van der Waals surface area contributed by atoms with Gasteiger partial charge in [0.1, 0.15) is 11.6 Å². The summed E-state index contributed by atoms with van der Waals surface area (Å²) in [7, 11) is 0. The van der Waals surface area contributed by atoms with Gasteiger partial charge in [-0.05, 0) is 44.4 Å². The molecule has 6 nitrogen and oxygen atoms in total. The van der Waals surface area contributed by atoms with Crippen LogP contribution in [0.5, 0.6) is 0 Å². The average molecular weight is 408 g/mol. The van der Waals surface area contributed by atoms with Crippen LogP contribution in [-0.2, 0) is 17.8 Å². The van der Waals surface area contributed by atoms with Crippen LogP contribution in [0.2, 0.25) is 10.0 Å². The molecule has 3 heterocycles. The third-order valence-corrected chi connectivity index (χ3v) is 6.00. The standard InChI is InChI=1S/C19H23Cl2N5O/c20-13-6-4-7-14(21)18(13)22-17(27)12-25-10-5-8-15(25)19-24-23-16-9-2-1-3-11-26(16)19/h4,6-7,15H,1-3,5,8-12H2,(H,22,27). The third-order valence-electron chi connectivity index (χ3n) is 5.37. The predicted molar refractivity (Wildman–Crippen MR) is 106 cm³/mol. The minimum absolute atomic E-state index is 0.118. The Labute approximate surface area is 168 Å². The quantitative estimate of drug-likeness (QED) is 0.828. The van der Waals surface area contributed by atoms with Crippen LogP contribution in [0.3, 0.4) is 0 Å². The van der Waals surface area contributed by atoms with Gasteiger partial charge in [0.25, 0.3) is 0 Å². The number of hydrogen-bond acceptors (Lipinski definition) is 4. The summed E-state index contributed by atoms with van der Waals surface area (Å²) in [4.78, 5) is 14.8. The van der Waals surface area contributed by atoms with Crippen molar-refractivity contribution in [2.24, 2.45) is 0 Å². The normalized spacial score (nSPS) is 20.3. The summed E-state index contributed by atoms with van der Waals surface area (Å²) in [6.45, 7) is 2.13. The molecular weight excluding hydrogens is 385 g/mol. The zero-order chi connectivity index (χ0) is 18.8. The predicted octanol–water partition coefficient (Wildman–Crippen LogP) is 4.09. The summed E-state index contributed by atoms with van der Waals surface area (Å²) in [6, 6.07) is 5.32. The third kappa shape index (κ3) is 3.98. The summed E-state index contributed by atoms with van der Waals surface area (Å²) >= 11 is 12.3. The van der Waals surface area contributed by atoms with Crippen molar-refractivity contribution in [3.8, 4) is 0 Å². The molecule has 4 rings (SSSR count). The van der Waals surface area contributed by atoms with Gasteiger partial charge in [-0.25, -0.2) is 0 Å². The highest BCUT2D eigenvalue weighted by Crippen LogP contribution is 2.33. The number of aryl methyl sites for hydroxylation is 1. The van der Waals surface area contributed by atoms with Crippen molar-refractivity contribution in [2.45, 2.75) is 51.1 Å². The fourth-order valence-corrected chi connectivity index (χ4v) is 4.53. The van der Waals surface area contributed by atoms with E-state index < -0.39 is 0 Å². The maximum absolute atomic E-state index is 12.6. The van der Waals surface area contributed by atoms with Crippen LogP contribution in [-0.4, -0.2) is 38.7 Å². The highest BCUT2D eigenvalue weighted by atomic mass is 35.5. The molecule has 2 aliphatic rings. The number of fused-ring (bicyclic) bond motifs is 1. The minimum Gasteiger partial charge on any atom is -0.322 e.